The standard InChI is InChI=1S/C2H3Cl2N.ClH/c3-1-2(4)5;/h1H,5H2;1H. The Bertz CT molecular complexity index is 46.8. The van der Waals surface area contributed by atoms with E-state index in [-0.39, 0.29) is 17.6 Å². The van der Waals surface area contributed by atoms with E-state index < -0.39 is 0 Å². The van der Waals surface area contributed by atoms with Crippen LogP contribution in [-0.2, 0) is 0 Å². The van der Waals surface area contributed by atoms with Gasteiger partial charge in [0.1, 0.15) is 5.16 Å². The van der Waals surface area contributed by atoms with Crippen LogP contribution in [0.3, 0.4) is 0 Å². The summed E-state index contributed by atoms with van der Waals surface area (Å²) in [6.45, 7) is 0. The summed E-state index contributed by atoms with van der Waals surface area (Å²) in [4.78, 5) is 0. The van der Waals surface area contributed by atoms with Gasteiger partial charge in [-0.15, -0.1) is 12.4 Å². The highest BCUT2D eigenvalue weighted by Gasteiger charge is 1.66. The molecule has 0 saturated heterocycles. The Balaban J connectivity index is 0. The van der Waals surface area contributed by atoms with Crippen LogP contribution in [0.4, 0.5) is 0 Å². The van der Waals surface area contributed by atoms with Gasteiger partial charge in [0, 0.05) is 5.54 Å². The molecule has 0 unspecified atom stereocenters. The summed E-state index contributed by atoms with van der Waals surface area (Å²) in [6, 6.07) is 0. The van der Waals surface area contributed by atoms with Crippen molar-refractivity contribution in [3.63, 3.8) is 0 Å². The molecule has 0 aliphatic heterocycles. The van der Waals surface area contributed by atoms with Gasteiger partial charge in [-0.3, -0.25) is 0 Å². The highest BCUT2D eigenvalue weighted by atomic mass is 35.5. The first-order valence-corrected chi connectivity index (χ1v) is 1.80. The van der Waals surface area contributed by atoms with Gasteiger partial charge < -0.3 is 5.73 Å². The van der Waals surface area contributed by atoms with Gasteiger partial charge in [-0.1, -0.05) is 23.2 Å². The lowest BCUT2D eigenvalue weighted by Gasteiger charge is -1.70. The van der Waals surface area contributed by atoms with E-state index >= 15 is 0 Å². The third kappa shape index (κ3) is 8.83. The molecule has 0 radical (unpaired) electrons. The van der Waals surface area contributed by atoms with Crippen LogP contribution in [0.15, 0.2) is 10.7 Å². The molecule has 0 bridgehead atoms. The second-order valence-electron chi connectivity index (χ2n) is 0.494. The van der Waals surface area contributed by atoms with Crippen LogP contribution in [0.1, 0.15) is 0 Å². The molecule has 4 heteroatoms. The highest BCUT2D eigenvalue weighted by molar-refractivity contribution is 6.35. The lowest BCUT2D eigenvalue weighted by atomic mass is 11.1. The Morgan fingerprint density at radius 3 is 1.83 bits per heavy atom. The number of hydrogen-bond acceptors (Lipinski definition) is 1. The Hall–Kier alpha value is 0.410. The van der Waals surface area contributed by atoms with Crippen molar-refractivity contribution in [2.24, 2.45) is 5.73 Å². The predicted octanol–water partition coefficient (Wildman–Crippen LogP) is 1.64. The molecule has 0 rings (SSSR count). The summed E-state index contributed by atoms with van der Waals surface area (Å²) in [7, 11) is 0. The van der Waals surface area contributed by atoms with Crippen molar-refractivity contribution in [1.29, 1.82) is 0 Å². The molecular formula is C2H4Cl3N. The Kier molecular flexibility index (Phi) is 8.70. The maximum absolute atomic E-state index is 4.97. The van der Waals surface area contributed by atoms with Crippen molar-refractivity contribution in [1.82, 2.24) is 0 Å². The van der Waals surface area contributed by atoms with E-state index in [0.717, 1.165) is 5.54 Å². The van der Waals surface area contributed by atoms with Crippen LogP contribution in [0.2, 0.25) is 0 Å². The van der Waals surface area contributed by atoms with E-state index in [9.17, 15) is 0 Å². The zero-order valence-corrected chi connectivity index (χ0v) is 5.15. The fraction of sp³-hybridized carbons (Fsp3) is 0. The number of nitrogens with two attached hydrogens (primary N) is 1. The van der Waals surface area contributed by atoms with Crippen molar-refractivity contribution in [3.05, 3.63) is 10.7 Å². The molecular weight excluding hydrogens is 144 g/mol. The third-order valence-electron chi connectivity index (χ3n) is 0.104. The number of halogens is 3. The SMILES string of the molecule is Cl.NC(Cl)=CCl. The molecule has 0 fully saturated rings. The van der Waals surface area contributed by atoms with Crippen molar-refractivity contribution in [2.45, 2.75) is 0 Å². The van der Waals surface area contributed by atoms with Crippen LogP contribution >= 0.6 is 35.6 Å². The maximum Gasteiger partial charge on any atom is 0.111 e. The minimum absolute atomic E-state index is 0. The average molecular weight is 148 g/mol. The smallest absolute Gasteiger partial charge is 0.111 e. The monoisotopic (exact) mass is 147 g/mol. The molecule has 0 aromatic heterocycles. The van der Waals surface area contributed by atoms with Gasteiger partial charge in [-0.05, 0) is 0 Å². The fourth-order valence-corrected chi connectivity index (χ4v) is 0. The summed E-state index contributed by atoms with van der Waals surface area (Å²) < 4.78 is 0. The second kappa shape index (κ2) is 5.41. The highest BCUT2D eigenvalue weighted by Crippen LogP contribution is 1.89. The summed E-state index contributed by atoms with van der Waals surface area (Å²) in [6.07, 6.45) is 0. The number of rotatable bonds is 0. The Morgan fingerprint density at radius 2 is 1.83 bits per heavy atom. The van der Waals surface area contributed by atoms with E-state index in [0.29, 0.717) is 0 Å². The van der Waals surface area contributed by atoms with Gasteiger partial charge in [0.2, 0.25) is 0 Å². The van der Waals surface area contributed by atoms with Crippen LogP contribution in [0.5, 0.6) is 0 Å². The maximum atomic E-state index is 4.97. The first kappa shape index (κ1) is 9.65. The predicted molar refractivity (Wildman–Crippen MR) is 31.2 cm³/mol. The average Bonchev–Trinajstić information content (AvgIpc) is 1.38. The van der Waals surface area contributed by atoms with Crippen molar-refractivity contribution in [3.8, 4) is 0 Å². The van der Waals surface area contributed by atoms with E-state index in [1.807, 2.05) is 0 Å². The molecule has 0 aromatic carbocycles. The molecule has 0 aliphatic carbocycles. The molecule has 0 aliphatic rings. The van der Waals surface area contributed by atoms with Gasteiger partial charge in [-0.25, -0.2) is 0 Å². The van der Waals surface area contributed by atoms with Gasteiger partial charge >= 0.3 is 0 Å². The Labute approximate surface area is 52.5 Å². The zero-order chi connectivity index (χ0) is 4.28. The minimum Gasteiger partial charge on any atom is -0.389 e. The largest absolute Gasteiger partial charge is 0.389 e. The number of hydrogen-bond donors (Lipinski definition) is 1. The Morgan fingerprint density at radius 1 is 1.67 bits per heavy atom. The molecule has 0 amide bonds. The van der Waals surface area contributed by atoms with Crippen LogP contribution in [0.25, 0.3) is 0 Å². The van der Waals surface area contributed by atoms with E-state index in [1.165, 1.54) is 0 Å². The molecule has 1 nitrogen and oxygen atoms in total. The van der Waals surface area contributed by atoms with Gasteiger partial charge in [-0.2, -0.15) is 0 Å². The first-order valence-electron chi connectivity index (χ1n) is 0.985. The van der Waals surface area contributed by atoms with Crippen molar-refractivity contribution in [2.75, 3.05) is 0 Å². The molecule has 0 aromatic rings. The van der Waals surface area contributed by atoms with Crippen LogP contribution in [-0.4, -0.2) is 0 Å². The molecule has 0 spiro atoms. The topological polar surface area (TPSA) is 26.0 Å². The first-order chi connectivity index (χ1) is 2.27. The van der Waals surface area contributed by atoms with Crippen molar-refractivity contribution >= 4 is 35.6 Å². The lowest BCUT2D eigenvalue weighted by Crippen LogP contribution is -1.82. The molecule has 38 valence electrons. The second-order valence-corrected chi connectivity index (χ2v) is 1.15. The molecule has 0 heterocycles. The van der Waals surface area contributed by atoms with Crippen LogP contribution < -0.4 is 5.73 Å². The summed E-state index contributed by atoms with van der Waals surface area (Å²) in [5.74, 6) is 0. The third-order valence-corrected chi connectivity index (χ3v) is 0.560. The van der Waals surface area contributed by atoms with Crippen LogP contribution in [0, 0.1) is 0 Å². The van der Waals surface area contributed by atoms with Gasteiger partial charge in [0.25, 0.3) is 0 Å². The fourth-order valence-electron chi connectivity index (χ4n) is 0. The van der Waals surface area contributed by atoms with Crippen molar-refractivity contribution < 1.29 is 0 Å². The summed E-state index contributed by atoms with van der Waals surface area (Å²) in [5, 5.41) is 0.117. The molecule has 2 N–H and O–H groups in total. The lowest BCUT2D eigenvalue weighted by molar-refractivity contribution is 1.56. The normalized spacial score (nSPS) is 10.0. The summed E-state index contributed by atoms with van der Waals surface area (Å²) in [5.41, 5.74) is 5.89. The quantitative estimate of drug-likeness (QED) is 0.519. The van der Waals surface area contributed by atoms with E-state index in [1.54, 1.807) is 0 Å². The van der Waals surface area contributed by atoms with E-state index in [2.05, 4.69) is 0 Å². The van der Waals surface area contributed by atoms with Gasteiger partial charge in [0.05, 0.1) is 0 Å². The minimum atomic E-state index is 0. The molecule has 0 atom stereocenters. The van der Waals surface area contributed by atoms with Gasteiger partial charge in [0.15, 0.2) is 0 Å². The molecule has 6 heavy (non-hydrogen) atoms. The molecule has 0 saturated carbocycles. The zero-order valence-electron chi connectivity index (χ0n) is 2.82. The summed E-state index contributed by atoms with van der Waals surface area (Å²) >= 11 is 9.89. The van der Waals surface area contributed by atoms with E-state index in [4.69, 9.17) is 28.9 Å².